The molecule has 270 valence electrons. The van der Waals surface area contributed by atoms with E-state index in [0.717, 1.165) is 22.6 Å². The third kappa shape index (κ3) is 6.97. The number of hydrogen-bond donors (Lipinski definition) is 4. The number of rotatable bonds is 6. The predicted octanol–water partition coefficient (Wildman–Crippen LogP) is 3.87. The molecule has 2 aliphatic carbocycles. The molecule has 1 saturated heterocycles. The molecular weight excluding hydrogens is 675 g/mol. The molecule has 0 unspecified atom stereocenters. The Hall–Kier alpha value is -4.72. The number of carboxylic acid groups (broad SMARTS) is 1. The number of benzene rings is 2. The SMILES string of the molecule is C[C@@H]1CCC=C[C@@H]2C[C@@]2(C(=O)NS(=O)(=O)C2CC2)NC(=O)[C@@H]2C[C@@H](Oc3nc4ccccc4c4ccccc34)CN2C(=O)[C@@H](NC(=O)O)[C@H](C)C1. The van der Waals surface area contributed by atoms with Crippen molar-refractivity contribution < 1.29 is 37.4 Å². The van der Waals surface area contributed by atoms with Gasteiger partial charge in [0.1, 0.15) is 23.7 Å². The number of pyridine rings is 1. The van der Waals surface area contributed by atoms with Crippen LogP contribution in [-0.2, 0) is 24.4 Å². The molecule has 4 aliphatic rings. The zero-order valence-corrected chi connectivity index (χ0v) is 29.4. The Bertz CT molecular complexity index is 2030. The van der Waals surface area contributed by atoms with Gasteiger partial charge in [-0.25, -0.2) is 18.2 Å². The van der Waals surface area contributed by atoms with Gasteiger partial charge in [0, 0.05) is 23.1 Å². The summed E-state index contributed by atoms with van der Waals surface area (Å²) in [6, 6.07) is 13.0. The molecule has 4 N–H and O–H groups in total. The summed E-state index contributed by atoms with van der Waals surface area (Å²) in [5, 5.41) is 17.0. The van der Waals surface area contributed by atoms with E-state index in [1.165, 1.54) is 4.90 Å². The van der Waals surface area contributed by atoms with Crippen molar-refractivity contribution in [1.82, 2.24) is 25.2 Å². The fourth-order valence-electron chi connectivity index (χ4n) is 7.75. The highest BCUT2D eigenvalue weighted by atomic mass is 32.2. The van der Waals surface area contributed by atoms with Crippen LogP contribution in [0.4, 0.5) is 4.79 Å². The highest BCUT2D eigenvalue weighted by Crippen LogP contribution is 2.46. The summed E-state index contributed by atoms with van der Waals surface area (Å²) in [6.07, 6.45) is 4.85. The second-order valence-electron chi connectivity index (χ2n) is 14.7. The van der Waals surface area contributed by atoms with Gasteiger partial charge in [0.25, 0.3) is 5.91 Å². The van der Waals surface area contributed by atoms with Crippen LogP contribution in [0.15, 0.2) is 60.7 Å². The van der Waals surface area contributed by atoms with Crippen LogP contribution in [0.25, 0.3) is 21.7 Å². The van der Waals surface area contributed by atoms with E-state index in [9.17, 15) is 32.7 Å². The molecule has 14 heteroatoms. The van der Waals surface area contributed by atoms with Crippen LogP contribution in [0.3, 0.4) is 0 Å². The van der Waals surface area contributed by atoms with Gasteiger partial charge in [-0.3, -0.25) is 19.1 Å². The van der Waals surface area contributed by atoms with Gasteiger partial charge in [0.15, 0.2) is 0 Å². The summed E-state index contributed by atoms with van der Waals surface area (Å²) in [5.41, 5.74) is -0.805. The van der Waals surface area contributed by atoms with Gasteiger partial charge in [-0.05, 0) is 67.9 Å². The number of carbonyl (C=O) groups excluding carboxylic acids is 3. The van der Waals surface area contributed by atoms with Crippen molar-refractivity contribution in [3.8, 4) is 5.88 Å². The van der Waals surface area contributed by atoms with Gasteiger partial charge >= 0.3 is 6.09 Å². The van der Waals surface area contributed by atoms with Gasteiger partial charge in [-0.1, -0.05) is 62.4 Å². The standard InChI is InChI=1S/C37H43N5O8S/c1-21-9-3-4-10-23-19-37(23,35(45)41-51(48,49)25-15-16-25)40-32(43)30-18-24(20-42(30)34(44)31(22(2)17-21)39-36(46)47)50-33-28-13-6-5-11-26(28)27-12-7-8-14-29(27)38-33/h4-8,10-14,21-25,30-31,39H,3,9,15-20H2,1-2H3,(H,40,43)(H,41,45)(H,46,47)/t21-,22-,23-,24-,30+,31+,37-/m1/s1. The lowest BCUT2D eigenvalue weighted by atomic mass is 9.88. The van der Waals surface area contributed by atoms with E-state index in [0.29, 0.717) is 37.1 Å². The molecule has 0 spiro atoms. The number of para-hydroxylation sites is 1. The predicted molar refractivity (Wildman–Crippen MR) is 189 cm³/mol. The fourth-order valence-corrected chi connectivity index (χ4v) is 9.12. The summed E-state index contributed by atoms with van der Waals surface area (Å²) in [7, 11) is -3.90. The van der Waals surface area contributed by atoms with Gasteiger partial charge in [0.2, 0.25) is 27.7 Å². The summed E-state index contributed by atoms with van der Waals surface area (Å²) >= 11 is 0. The Morgan fingerprint density at radius 1 is 1.00 bits per heavy atom. The number of sulfonamides is 1. The number of allylic oxidation sites excluding steroid dienone is 1. The first-order valence-electron chi connectivity index (χ1n) is 17.6. The first kappa shape index (κ1) is 34.7. The molecule has 2 aliphatic heterocycles. The van der Waals surface area contributed by atoms with Gasteiger partial charge in [0.05, 0.1) is 17.3 Å². The lowest BCUT2D eigenvalue weighted by Gasteiger charge is -2.32. The lowest BCUT2D eigenvalue weighted by Crippen LogP contribution is -2.59. The van der Waals surface area contributed by atoms with Gasteiger partial charge < -0.3 is 25.4 Å². The molecule has 7 rings (SSSR count). The van der Waals surface area contributed by atoms with Crippen molar-refractivity contribution in [1.29, 1.82) is 0 Å². The normalized spacial score (nSPS) is 30.0. The van der Waals surface area contributed by atoms with Crippen molar-refractivity contribution in [2.45, 2.75) is 87.8 Å². The monoisotopic (exact) mass is 717 g/mol. The van der Waals surface area contributed by atoms with Crippen LogP contribution >= 0.6 is 0 Å². The van der Waals surface area contributed by atoms with Crippen molar-refractivity contribution in [2.24, 2.45) is 17.8 Å². The Morgan fingerprint density at radius 2 is 1.71 bits per heavy atom. The lowest BCUT2D eigenvalue weighted by molar-refractivity contribution is -0.142. The Kier molecular flexibility index (Phi) is 9.15. The van der Waals surface area contributed by atoms with Gasteiger partial charge in [-0.15, -0.1) is 0 Å². The number of fused-ring (bicyclic) bond motifs is 5. The molecule has 13 nitrogen and oxygen atoms in total. The minimum atomic E-state index is -3.90. The quantitative estimate of drug-likeness (QED) is 0.217. The smallest absolute Gasteiger partial charge is 0.405 e. The number of nitrogens with one attached hydrogen (secondary N) is 3. The van der Waals surface area contributed by atoms with Gasteiger partial charge in [-0.2, -0.15) is 0 Å². The van der Waals surface area contributed by atoms with E-state index >= 15 is 0 Å². The molecule has 3 aromatic rings. The average molecular weight is 718 g/mol. The zero-order valence-electron chi connectivity index (χ0n) is 28.6. The molecule has 0 radical (unpaired) electrons. The Balaban J connectivity index is 1.24. The van der Waals surface area contributed by atoms with Crippen molar-refractivity contribution in [3.63, 3.8) is 0 Å². The van der Waals surface area contributed by atoms with E-state index in [4.69, 9.17) is 9.72 Å². The minimum absolute atomic E-state index is 0.0313. The molecule has 1 aromatic heterocycles. The van der Waals surface area contributed by atoms with Crippen LogP contribution in [0.2, 0.25) is 0 Å². The number of hydrogen-bond acceptors (Lipinski definition) is 8. The van der Waals surface area contributed by atoms with E-state index in [2.05, 4.69) is 15.4 Å². The fraction of sp³-hybridized carbons (Fsp3) is 0.486. The Labute approximate surface area is 296 Å². The molecule has 2 saturated carbocycles. The first-order chi connectivity index (χ1) is 24.4. The van der Waals surface area contributed by atoms with Crippen LogP contribution < -0.4 is 20.1 Å². The Morgan fingerprint density at radius 3 is 2.43 bits per heavy atom. The van der Waals surface area contributed by atoms with Crippen LogP contribution in [0.5, 0.6) is 5.88 Å². The third-order valence-corrected chi connectivity index (χ3v) is 12.6. The first-order valence-corrected chi connectivity index (χ1v) is 19.2. The molecule has 3 heterocycles. The maximum Gasteiger partial charge on any atom is 0.405 e. The van der Waals surface area contributed by atoms with E-state index in [1.807, 2.05) is 74.5 Å². The number of ether oxygens (including phenoxy) is 1. The van der Waals surface area contributed by atoms with Crippen molar-refractivity contribution in [2.75, 3.05) is 6.54 Å². The summed E-state index contributed by atoms with van der Waals surface area (Å²) < 4.78 is 34.3. The van der Waals surface area contributed by atoms with Crippen molar-refractivity contribution >= 4 is 55.5 Å². The highest BCUT2D eigenvalue weighted by molar-refractivity contribution is 7.91. The second kappa shape index (κ2) is 13.4. The third-order valence-electron chi connectivity index (χ3n) is 10.7. The highest BCUT2D eigenvalue weighted by Gasteiger charge is 2.62. The summed E-state index contributed by atoms with van der Waals surface area (Å²) in [5.74, 6) is -2.40. The largest absolute Gasteiger partial charge is 0.472 e. The van der Waals surface area contributed by atoms with Crippen LogP contribution in [-0.4, -0.2) is 82.7 Å². The molecular formula is C37H43N5O8S. The molecule has 4 amide bonds. The maximum atomic E-state index is 14.4. The number of aromatic nitrogens is 1. The average Bonchev–Trinajstić information content (AvgIpc) is 4.02. The topological polar surface area (TPSA) is 184 Å². The zero-order chi connectivity index (χ0) is 36.1. The molecule has 2 aromatic carbocycles. The minimum Gasteiger partial charge on any atom is -0.472 e. The van der Waals surface area contributed by atoms with Crippen LogP contribution in [0, 0.1) is 17.8 Å². The van der Waals surface area contributed by atoms with Crippen LogP contribution in [0.1, 0.15) is 58.8 Å². The molecule has 51 heavy (non-hydrogen) atoms. The number of amides is 4. The van der Waals surface area contributed by atoms with Crippen molar-refractivity contribution in [3.05, 3.63) is 60.7 Å². The summed E-state index contributed by atoms with van der Waals surface area (Å²) in [4.78, 5) is 60.5. The van der Waals surface area contributed by atoms with E-state index in [1.54, 1.807) is 0 Å². The van der Waals surface area contributed by atoms with E-state index in [-0.39, 0.29) is 25.3 Å². The van der Waals surface area contributed by atoms with E-state index < -0.39 is 74.7 Å². The number of carbonyl (C=O) groups is 4. The summed E-state index contributed by atoms with van der Waals surface area (Å²) in [6.45, 7) is 3.82. The molecule has 7 atom stereocenters. The maximum absolute atomic E-state index is 14.4. The molecule has 0 bridgehead atoms. The molecule has 3 fully saturated rings. The second-order valence-corrected chi connectivity index (χ2v) is 16.6. The number of nitrogens with zero attached hydrogens (tertiary/aromatic N) is 2.